The molecule has 0 fully saturated rings. The van der Waals surface area contributed by atoms with E-state index in [1.54, 1.807) is 6.07 Å². The van der Waals surface area contributed by atoms with Crippen LogP contribution in [0.3, 0.4) is 0 Å². The van der Waals surface area contributed by atoms with Crippen molar-refractivity contribution in [3.63, 3.8) is 0 Å². The minimum Gasteiger partial charge on any atom is -0.398 e. The van der Waals surface area contributed by atoms with E-state index in [4.69, 9.17) is 11.0 Å². The van der Waals surface area contributed by atoms with Crippen LogP contribution in [0.4, 0.5) is 18.9 Å². The van der Waals surface area contributed by atoms with Gasteiger partial charge in [0.25, 0.3) is 0 Å². The average molecular weight is 264 g/mol. The number of nitriles is 1. The molecule has 0 radical (unpaired) electrons. The quantitative estimate of drug-likeness (QED) is 0.803. The number of nitrogens with zero attached hydrogens (tertiary/aromatic N) is 3. The molecule has 0 spiro atoms. The van der Waals surface area contributed by atoms with Gasteiger partial charge in [-0.3, -0.25) is 0 Å². The fourth-order valence-corrected chi connectivity index (χ4v) is 1.51. The van der Waals surface area contributed by atoms with E-state index in [0.717, 1.165) is 12.1 Å². The number of aromatic nitrogens is 2. The van der Waals surface area contributed by atoms with Gasteiger partial charge in [-0.1, -0.05) is 0 Å². The number of halogens is 3. The molecule has 19 heavy (non-hydrogen) atoms. The Labute approximate surface area is 106 Å². The molecule has 2 aromatic rings. The summed E-state index contributed by atoms with van der Waals surface area (Å²) < 4.78 is 37.9. The Balaban J connectivity index is 2.52. The van der Waals surface area contributed by atoms with E-state index in [2.05, 4.69) is 9.97 Å². The Bertz CT molecular complexity index is 642. The van der Waals surface area contributed by atoms with Crippen molar-refractivity contribution in [1.29, 1.82) is 5.26 Å². The first kappa shape index (κ1) is 12.8. The Morgan fingerprint density at radius 3 is 2.32 bits per heavy atom. The average Bonchev–Trinajstić information content (AvgIpc) is 2.38. The number of nitrogen functional groups attached to an aromatic ring is 1. The molecule has 1 heterocycles. The Morgan fingerprint density at radius 1 is 1.16 bits per heavy atom. The van der Waals surface area contributed by atoms with Gasteiger partial charge in [-0.25, -0.2) is 9.97 Å². The lowest BCUT2D eigenvalue weighted by atomic mass is 10.0. The monoisotopic (exact) mass is 264 g/mol. The summed E-state index contributed by atoms with van der Waals surface area (Å²) in [6, 6.07) is 4.74. The molecule has 96 valence electrons. The van der Waals surface area contributed by atoms with Gasteiger partial charge in [0, 0.05) is 29.2 Å². The SMILES string of the molecule is N#Cc1ncc(-c2cc(C(F)(F)F)ccc2N)cn1. The summed E-state index contributed by atoms with van der Waals surface area (Å²) in [5, 5.41) is 8.56. The van der Waals surface area contributed by atoms with Gasteiger partial charge in [0.15, 0.2) is 0 Å². The number of anilines is 1. The van der Waals surface area contributed by atoms with E-state index in [-0.39, 0.29) is 17.1 Å². The lowest BCUT2D eigenvalue weighted by Gasteiger charge is -2.10. The van der Waals surface area contributed by atoms with E-state index < -0.39 is 11.7 Å². The van der Waals surface area contributed by atoms with Crippen molar-refractivity contribution >= 4 is 5.69 Å². The third-order valence-corrected chi connectivity index (χ3v) is 2.44. The second-order valence-corrected chi connectivity index (χ2v) is 3.71. The molecule has 0 aliphatic heterocycles. The molecule has 1 aromatic carbocycles. The summed E-state index contributed by atoms with van der Waals surface area (Å²) >= 11 is 0. The van der Waals surface area contributed by atoms with E-state index in [0.29, 0.717) is 5.56 Å². The maximum atomic E-state index is 12.6. The largest absolute Gasteiger partial charge is 0.416 e. The standard InChI is InChI=1S/C12H7F3N4/c13-12(14,15)8-1-2-10(17)9(3-8)7-5-18-11(4-16)19-6-7/h1-3,5-6H,17H2. The number of hydrogen-bond donors (Lipinski definition) is 1. The van der Waals surface area contributed by atoms with Crippen molar-refractivity contribution in [2.24, 2.45) is 0 Å². The highest BCUT2D eigenvalue weighted by molar-refractivity contribution is 5.76. The maximum Gasteiger partial charge on any atom is 0.416 e. The van der Waals surface area contributed by atoms with Crippen LogP contribution in [0, 0.1) is 11.3 Å². The molecule has 2 rings (SSSR count). The topological polar surface area (TPSA) is 75.6 Å². The highest BCUT2D eigenvalue weighted by Gasteiger charge is 2.31. The predicted molar refractivity (Wildman–Crippen MR) is 61.6 cm³/mol. The molecule has 2 N–H and O–H groups in total. The first-order valence-electron chi connectivity index (χ1n) is 5.11. The zero-order valence-electron chi connectivity index (χ0n) is 9.44. The normalized spacial score (nSPS) is 11.1. The summed E-state index contributed by atoms with van der Waals surface area (Å²) in [4.78, 5) is 7.39. The van der Waals surface area contributed by atoms with Crippen molar-refractivity contribution in [2.75, 3.05) is 5.73 Å². The van der Waals surface area contributed by atoms with Crippen LogP contribution >= 0.6 is 0 Å². The third-order valence-electron chi connectivity index (χ3n) is 2.44. The van der Waals surface area contributed by atoms with Gasteiger partial charge in [-0.05, 0) is 18.2 Å². The van der Waals surface area contributed by atoms with Crippen molar-refractivity contribution in [3.05, 3.63) is 42.0 Å². The minimum atomic E-state index is -4.45. The summed E-state index contributed by atoms with van der Waals surface area (Å²) in [7, 11) is 0. The number of alkyl halides is 3. The van der Waals surface area contributed by atoms with Crippen molar-refractivity contribution in [2.45, 2.75) is 6.18 Å². The van der Waals surface area contributed by atoms with Crippen LogP contribution in [-0.4, -0.2) is 9.97 Å². The number of benzene rings is 1. The molecule has 4 nitrogen and oxygen atoms in total. The van der Waals surface area contributed by atoms with Gasteiger partial charge >= 0.3 is 6.18 Å². The summed E-state index contributed by atoms with van der Waals surface area (Å²) in [5.41, 5.74) is 5.53. The Morgan fingerprint density at radius 2 is 1.79 bits per heavy atom. The lowest BCUT2D eigenvalue weighted by molar-refractivity contribution is -0.137. The molecule has 1 aromatic heterocycles. The minimum absolute atomic E-state index is 0.0608. The second kappa shape index (κ2) is 4.57. The van der Waals surface area contributed by atoms with Crippen LogP contribution in [0.1, 0.15) is 11.4 Å². The first-order valence-corrected chi connectivity index (χ1v) is 5.11. The highest BCUT2D eigenvalue weighted by atomic mass is 19.4. The van der Waals surface area contributed by atoms with Crippen LogP contribution in [0.2, 0.25) is 0 Å². The zero-order chi connectivity index (χ0) is 14.0. The Hall–Kier alpha value is -2.62. The van der Waals surface area contributed by atoms with Gasteiger partial charge in [-0.2, -0.15) is 18.4 Å². The molecular weight excluding hydrogens is 257 g/mol. The molecule has 0 bridgehead atoms. The van der Waals surface area contributed by atoms with Crippen molar-refractivity contribution in [1.82, 2.24) is 9.97 Å². The van der Waals surface area contributed by atoms with Crippen molar-refractivity contribution < 1.29 is 13.2 Å². The molecule has 0 atom stereocenters. The summed E-state index contributed by atoms with van der Waals surface area (Å²) in [6.45, 7) is 0. The van der Waals surface area contributed by atoms with Crippen molar-refractivity contribution in [3.8, 4) is 17.2 Å². The molecule has 0 aliphatic rings. The summed E-state index contributed by atoms with van der Waals surface area (Å²) in [5.74, 6) is -0.0608. The van der Waals surface area contributed by atoms with Crippen LogP contribution in [0.15, 0.2) is 30.6 Å². The van der Waals surface area contributed by atoms with Gasteiger partial charge in [0.05, 0.1) is 5.56 Å². The predicted octanol–water partition coefficient (Wildman–Crippen LogP) is 2.62. The second-order valence-electron chi connectivity index (χ2n) is 3.71. The van der Waals surface area contributed by atoms with Gasteiger partial charge < -0.3 is 5.73 Å². The van der Waals surface area contributed by atoms with Gasteiger partial charge in [0.2, 0.25) is 5.82 Å². The number of hydrogen-bond acceptors (Lipinski definition) is 4. The molecule has 0 saturated heterocycles. The van der Waals surface area contributed by atoms with E-state index in [9.17, 15) is 13.2 Å². The fourth-order valence-electron chi connectivity index (χ4n) is 1.51. The van der Waals surface area contributed by atoms with Gasteiger partial charge in [0.1, 0.15) is 6.07 Å². The zero-order valence-corrected chi connectivity index (χ0v) is 9.44. The molecule has 0 aliphatic carbocycles. The smallest absolute Gasteiger partial charge is 0.398 e. The molecule has 0 saturated carbocycles. The maximum absolute atomic E-state index is 12.6. The molecular formula is C12H7F3N4. The third kappa shape index (κ3) is 2.63. The van der Waals surface area contributed by atoms with Crippen LogP contribution in [0.5, 0.6) is 0 Å². The molecule has 0 unspecified atom stereocenters. The molecule has 7 heteroatoms. The molecule has 0 amide bonds. The van der Waals surface area contributed by atoms with Crippen LogP contribution < -0.4 is 5.73 Å². The van der Waals surface area contributed by atoms with E-state index in [1.165, 1.54) is 18.5 Å². The van der Waals surface area contributed by atoms with Crippen LogP contribution in [-0.2, 0) is 6.18 Å². The fraction of sp³-hybridized carbons (Fsp3) is 0.0833. The van der Waals surface area contributed by atoms with E-state index in [1.807, 2.05) is 0 Å². The Kier molecular flexibility index (Phi) is 3.09. The summed E-state index contributed by atoms with van der Waals surface area (Å²) in [6.07, 6.45) is -1.93. The lowest BCUT2D eigenvalue weighted by Crippen LogP contribution is -2.06. The number of nitrogens with two attached hydrogens (primary N) is 1. The van der Waals surface area contributed by atoms with Crippen LogP contribution in [0.25, 0.3) is 11.1 Å². The van der Waals surface area contributed by atoms with Gasteiger partial charge in [-0.15, -0.1) is 0 Å². The number of rotatable bonds is 1. The van der Waals surface area contributed by atoms with E-state index >= 15 is 0 Å². The highest BCUT2D eigenvalue weighted by Crippen LogP contribution is 2.34. The first-order chi connectivity index (χ1) is 8.91.